The van der Waals surface area contributed by atoms with Crippen molar-refractivity contribution >= 4 is 33.9 Å². The third kappa shape index (κ3) is 3.12. The van der Waals surface area contributed by atoms with E-state index in [-0.39, 0.29) is 0 Å². The van der Waals surface area contributed by atoms with Gasteiger partial charge in [0.15, 0.2) is 0 Å². The first-order chi connectivity index (χ1) is 12.5. The van der Waals surface area contributed by atoms with E-state index in [1.807, 2.05) is 12.3 Å². The molecule has 4 rings (SSSR count). The first-order valence-electron chi connectivity index (χ1n) is 9.17. The fourth-order valence-corrected chi connectivity index (χ4v) is 4.18. The normalized spacial score (nSPS) is 19.8. The van der Waals surface area contributed by atoms with Crippen molar-refractivity contribution in [3.8, 4) is 0 Å². The summed E-state index contributed by atoms with van der Waals surface area (Å²) in [5, 5.41) is 1.96. The number of hydrogen-bond donors (Lipinski definition) is 1. The standard InChI is InChI=1S/C22H24ClN3/c1-14-7-9-26(22-15(2)10-19(23)12-25-22)13-20(14)16(3)17-4-5-21-18(11-17)6-8-24-21/h4-6,8,10-12,14,24H,7,9,13H2,1-3H3/b20-16+. The Kier molecular flexibility index (Phi) is 4.49. The molecule has 3 aromatic rings. The van der Waals surface area contributed by atoms with E-state index < -0.39 is 0 Å². The van der Waals surface area contributed by atoms with E-state index in [0.29, 0.717) is 10.9 Å². The number of H-pyrrole nitrogens is 1. The minimum Gasteiger partial charge on any atom is -0.361 e. The van der Waals surface area contributed by atoms with Crippen molar-refractivity contribution in [3.05, 3.63) is 64.4 Å². The van der Waals surface area contributed by atoms with Gasteiger partial charge in [0.2, 0.25) is 0 Å². The van der Waals surface area contributed by atoms with E-state index in [9.17, 15) is 0 Å². The van der Waals surface area contributed by atoms with E-state index in [0.717, 1.165) is 30.9 Å². The monoisotopic (exact) mass is 365 g/mol. The van der Waals surface area contributed by atoms with Crippen molar-refractivity contribution in [1.29, 1.82) is 0 Å². The van der Waals surface area contributed by atoms with Gasteiger partial charge in [0, 0.05) is 31.0 Å². The molecule has 4 heteroatoms. The van der Waals surface area contributed by atoms with Crippen LogP contribution >= 0.6 is 11.6 Å². The van der Waals surface area contributed by atoms with Crippen molar-refractivity contribution in [3.63, 3.8) is 0 Å². The van der Waals surface area contributed by atoms with Crippen molar-refractivity contribution < 1.29 is 0 Å². The Morgan fingerprint density at radius 3 is 2.92 bits per heavy atom. The summed E-state index contributed by atoms with van der Waals surface area (Å²) in [7, 11) is 0. The van der Waals surface area contributed by atoms with Gasteiger partial charge in [-0.3, -0.25) is 0 Å². The number of fused-ring (bicyclic) bond motifs is 1. The van der Waals surface area contributed by atoms with Crippen LogP contribution in [0.5, 0.6) is 0 Å². The number of benzene rings is 1. The van der Waals surface area contributed by atoms with Crippen LogP contribution < -0.4 is 4.90 Å². The van der Waals surface area contributed by atoms with E-state index in [2.05, 4.69) is 59.9 Å². The van der Waals surface area contributed by atoms with Crippen LogP contribution in [0.1, 0.15) is 31.4 Å². The van der Waals surface area contributed by atoms with Crippen LogP contribution in [-0.4, -0.2) is 23.1 Å². The Balaban J connectivity index is 1.70. The van der Waals surface area contributed by atoms with Crippen molar-refractivity contribution in [2.75, 3.05) is 18.0 Å². The second kappa shape index (κ2) is 6.81. The maximum absolute atomic E-state index is 6.08. The lowest BCUT2D eigenvalue weighted by Gasteiger charge is -2.35. The number of aromatic amines is 1. The number of aryl methyl sites for hydroxylation is 1. The van der Waals surface area contributed by atoms with Crippen LogP contribution in [0.2, 0.25) is 5.02 Å². The molecule has 1 fully saturated rings. The highest BCUT2D eigenvalue weighted by atomic mass is 35.5. The third-order valence-corrected chi connectivity index (χ3v) is 5.78. The van der Waals surface area contributed by atoms with Crippen LogP contribution in [0.3, 0.4) is 0 Å². The predicted molar refractivity (Wildman–Crippen MR) is 111 cm³/mol. The summed E-state index contributed by atoms with van der Waals surface area (Å²) in [6.07, 6.45) is 4.89. The Labute approximate surface area is 159 Å². The van der Waals surface area contributed by atoms with E-state index in [4.69, 9.17) is 11.6 Å². The summed E-state index contributed by atoms with van der Waals surface area (Å²) < 4.78 is 0. The van der Waals surface area contributed by atoms with E-state index >= 15 is 0 Å². The number of hydrogen-bond acceptors (Lipinski definition) is 2. The van der Waals surface area contributed by atoms with Crippen LogP contribution in [-0.2, 0) is 0 Å². The fourth-order valence-electron chi connectivity index (χ4n) is 3.97. The molecule has 0 saturated carbocycles. The maximum atomic E-state index is 6.08. The second-order valence-corrected chi connectivity index (χ2v) is 7.77. The summed E-state index contributed by atoms with van der Waals surface area (Å²) in [4.78, 5) is 10.3. The molecule has 26 heavy (non-hydrogen) atoms. The lowest BCUT2D eigenvalue weighted by atomic mass is 9.87. The van der Waals surface area contributed by atoms with Crippen LogP contribution in [0.15, 0.2) is 48.3 Å². The Morgan fingerprint density at radius 2 is 2.12 bits per heavy atom. The molecule has 1 unspecified atom stereocenters. The number of pyridine rings is 1. The molecular formula is C22H24ClN3. The second-order valence-electron chi connectivity index (χ2n) is 7.34. The van der Waals surface area contributed by atoms with Gasteiger partial charge in [0.05, 0.1) is 5.02 Å². The average molecular weight is 366 g/mol. The summed E-state index contributed by atoms with van der Waals surface area (Å²) in [6, 6.07) is 10.8. The molecule has 0 bridgehead atoms. The maximum Gasteiger partial charge on any atom is 0.131 e. The molecule has 3 heterocycles. The first kappa shape index (κ1) is 17.2. The van der Waals surface area contributed by atoms with Gasteiger partial charge in [-0.1, -0.05) is 24.6 Å². The molecule has 0 spiro atoms. The van der Waals surface area contributed by atoms with Gasteiger partial charge >= 0.3 is 0 Å². The molecule has 0 radical (unpaired) electrons. The number of allylic oxidation sites excluding steroid dienone is 1. The fraction of sp³-hybridized carbons (Fsp3) is 0.318. The lowest BCUT2D eigenvalue weighted by molar-refractivity contribution is 0.538. The highest BCUT2D eigenvalue weighted by Gasteiger charge is 2.24. The summed E-state index contributed by atoms with van der Waals surface area (Å²) in [6.45, 7) is 8.64. The number of piperidine rings is 1. The molecule has 0 amide bonds. The van der Waals surface area contributed by atoms with Gasteiger partial charge in [0.25, 0.3) is 0 Å². The zero-order valence-electron chi connectivity index (χ0n) is 15.5. The van der Waals surface area contributed by atoms with Gasteiger partial charge in [-0.2, -0.15) is 0 Å². The Hall–Kier alpha value is -2.26. The molecule has 3 nitrogen and oxygen atoms in total. The molecule has 1 aliphatic heterocycles. The molecule has 1 atom stereocenters. The molecule has 1 N–H and O–H groups in total. The SMILES string of the molecule is C/C(=C1/CN(c2ncc(Cl)cc2C)CCC1C)c1ccc2[nH]ccc2c1. The number of anilines is 1. The van der Waals surface area contributed by atoms with Gasteiger partial charge in [-0.25, -0.2) is 4.98 Å². The third-order valence-electron chi connectivity index (χ3n) is 5.57. The molecule has 1 saturated heterocycles. The van der Waals surface area contributed by atoms with Crippen LogP contribution in [0.25, 0.3) is 16.5 Å². The zero-order valence-corrected chi connectivity index (χ0v) is 16.3. The summed E-state index contributed by atoms with van der Waals surface area (Å²) >= 11 is 6.08. The van der Waals surface area contributed by atoms with Crippen LogP contribution in [0.4, 0.5) is 5.82 Å². The minimum absolute atomic E-state index is 0.584. The predicted octanol–water partition coefficient (Wildman–Crippen LogP) is 5.84. The van der Waals surface area contributed by atoms with Gasteiger partial charge < -0.3 is 9.88 Å². The van der Waals surface area contributed by atoms with Crippen LogP contribution in [0, 0.1) is 12.8 Å². The Bertz CT molecular complexity index is 986. The lowest BCUT2D eigenvalue weighted by Crippen LogP contribution is -2.36. The quantitative estimate of drug-likeness (QED) is 0.618. The van der Waals surface area contributed by atoms with Gasteiger partial charge in [0.1, 0.15) is 5.82 Å². The number of nitrogens with zero attached hydrogens (tertiary/aromatic N) is 2. The molecule has 1 aliphatic rings. The topological polar surface area (TPSA) is 31.9 Å². The molecule has 0 aliphatic carbocycles. The first-order valence-corrected chi connectivity index (χ1v) is 9.55. The Morgan fingerprint density at radius 1 is 1.27 bits per heavy atom. The van der Waals surface area contributed by atoms with Gasteiger partial charge in [-0.15, -0.1) is 0 Å². The molecule has 1 aromatic carbocycles. The highest BCUT2D eigenvalue weighted by Crippen LogP contribution is 2.33. The average Bonchev–Trinajstić information content (AvgIpc) is 3.09. The van der Waals surface area contributed by atoms with Gasteiger partial charge in [-0.05, 0) is 78.1 Å². The largest absolute Gasteiger partial charge is 0.361 e. The molecular weight excluding hydrogens is 342 g/mol. The summed E-state index contributed by atoms with van der Waals surface area (Å²) in [5.74, 6) is 1.63. The molecule has 134 valence electrons. The van der Waals surface area contributed by atoms with E-state index in [1.165, 1.54) is 27.6 Å². The van der Waals surface area contributed by atoms with Crippen molar-refractivity contribution in [2.45, 2.75) is 27.2 Å². The molecule has 2 aromatic heterocycles. The number of aromatic nitrogens is 2. The number of halogens is 1. The van der Waals surface area contributed by atoms with E-state index in [1.54, 1.807) is 6.20 Å². The smallest absolute Gasteiger partial charge is 0.131 e. The van der Waals surface area contributed by atoms with Crippen molar-refractivity contribution in [1.82, 2.24) is 9.97 Å². The summed E-state index contributed by atoms with van der Waals surface area (Å²) in [5.41, 5.74) is 6.52. The number of nitrogens with one attached hydrogen (secondary N) is 1. The van der Waals surface area contributed by atoms with Crippen molar-refractivity contribution in [2.24, 2.45) is 5.92 Å². The minimum atomic E-state index is 0.584. The highest BCUT2D eigenvalue weighted by molar-refractivity contribution is 6.30. The number of rotatable bonds is 2. The zero-order chi connectivity index (χ0) is 18.3.